The molecule has 2 aromatic rings. The normalized spacial score (nSPS) is 11.4. The number of hydrogen-bond donors (Lipinski definition) is 2. The second kappa shape index (κ2) is 5.96. The number of nitrogens with zero attached hydrogens (tertiary/aromatic N) is 2. The first-order valence-electron chi connectivity index (χ1n) is 5.95. The van der Waals surface area contributed by atoms with Crippen LogP contribution in [0.1, 0.15) is 11.4 Å². The van der Waals surface area contributed by atoms with Gasteiger partial charge in [-0.3, -0.25) is 0 Å². The maximum Gasteiger partial charge on any atom is 0.416 e. The maximum atomic E-state index is 12.6. The van der Waals surface area contributed by atoms with Crippen molar-refractivity contribution in [2.75, 3.05) is 18.2 Å². The van der Waals surface area contributed by atoms with E-state index in [0.717, 1.165) is 12.1 Å². The zero-order valence-electron chi connectivity index (χ0n) is 11.1. The lowest BCUT2D eigenvalue weighted by Crippen LogP contribution is -2.07. The number of nitrogens with two attached hydrogens (primary N) is 1. The van der Waals surface area contributed by atoms with Crippen LogP contribution in [-0.4, -0.2) is 17.1 Å². The number of anilines is 3. The molecule has 0 saturated carbocycles. The number of nitrogens with one attached hydrogen (secondary N) is 1. The Hall–Kier alpha value is -2.35. The van der Waals surface area contributed by atoms with Gasteiger partial charge in [0.1, 0.15) is 18.2 Å². The summed E-state index contributed by atoms with van der Waals surface area (Å²) in [6.07, 6.45) is -4.40. The van der Waals surface area contributed by atoms with Crippen LogP contribution < -0.4 is 11.1 Å². The number of ether oxygens (including phenoxy) is 1. The molecule has 1 heterocycles. The first kappa shape index (κ1) is 15.0. The molecule has 0 unspecified atom stereocenters. The van der Waals surface area contributed by atoms with Gasteiger partial charge in [-0.1, -0.05) is 6.07 Å². The molecule has 0 bridgehead atoms. The minimum atomic E-state index is -4.40. The van der Waals surface area contributed by atoms with E-state index in [2.05, 4.69) is 15.3 Å². The van der Waals surface area contributed by atoms with Crippen LogP contribution in [0, 0.1) is 0 Å². The summed E-state index contributed by atoms with van der Waals surface area (Å²) in [5, 5.41) is 2.77. The molecule has 2 rings (SSSR count). The van der Waals surface area contributed by atoms with Crippen molar-refractivity contribution in [3.8, 4) is 0 Å². The average molecular weight is 298 g/mol. The first-order chi connectivity index (χ1) is 9.88. The SMILES string of the molecule is COCc1nc(N)cc(Nc2cccc(C(F)(F)F)c2)n1. The largest absolute Gasteiger partial charge is 0.416 e. The quantitative estimate of drug-likeness (QED) is 0.908. The van der Waals surface area contributed by atoms with Crippen LogP contribution in [-0.2, 0) is 17.5 Å². The molecule has 5 nitrogen and oxygen atoms in total. The average Bonchev–Trinajstić information content (AvgIpc) is 2.37. The summed E-state index contributed by atoms with van der Waals surface area (Å²) in [5.74, 6) is 0.840. The van der Waals surface area contributed by atoms with E-state index in [1.807, 2.05) is 0 Å². The van der Waals surface area contributed by atoms with Gasteiger partial charge in [-0.05, 0) is 18.2 Å². The van der Waals surface area contributed by atoms with Crippen molar-refractivity contribution in [1.82, 2.24) is 9.97 Å². The van der Waals surface area contributed by atoms with Gasteiger partial charge in [-0.15, -0.1) is 0 Å². The van der Waals surface area contributed by atoms with E-state index < -0.39 is 11.7 Å². The molecule has 0 atom stereocenters. The molecule has 0 radical (unpaired) electrons. The molecule has 0 saturated heterocycles. The fourth-order valence-electron chi connectivity index (χ4n) is 1.70. The third kappa shape index (κ3) is 4.06. The number of hydrogen-bond acceptors (Lipinski definition) is 5. The molecular formula is C13H13F3N4O. The number of benzene rings is 1. The van der Waals surface area contributed by atoms with Crippen molar-refractivity contribution in [2.45, 2.75) is 12.8 Å². The van der Waals surface area contributed by atoms with Gasteiger partial charge in [0.2, 0.25) is 0 Å². The zero-order chi connectivity index (χ0) is 15.5. The van der Waals surface area contributed by atoms with Crippen molar-refractivity contribution in [2.24, 2.45) is 0 Å². The van der Waals surface area contributed by atoms with Crippen LogP contribution in [0.5, 0.6) is 0 Å². The summed E-state index contributed by atoms with van der Waals surface area (Å²) >= 11 is 0. The number of halogens is 3. The van der Waals surface area contributed by atoms with E-state index >= 15 is 0 Å². The molecule has 0 fully saturated rings. The van der Waals surface area contributed by atoms with Crippen LogP contribution in [0.3, 0.4) is 0 Å². The number of aromatic nitrogens is 2. The van der Waals surface area contributed by atoms with Crippen LogP contribution in [0.2, 0.25) is 0 Å². The predicted molar refractivity (Wildman–Crippen MR) is 71.9 cm³/mol. The first-order valence-corrected chi connectivity index (χ1v) is 5.95. The molecule has 112 valence electrons. The Morgan fingerprint density at radius 2 is 2.00 bits per heavy atom. The zero-order valence-corrected chi connectivity index (χ0v) is 11.1. The topological polar surface area (TPSA) is 73.1 Å². The molecule has 3 N–H and O–H groups in total. The van der Waals surface area contributed by atoms with Crippen molar-refractivity contribution in [3.63, 3.8) is 0 Å². The second-order valence-corrected chi connectivity index (χ2v) is 4.23. The third-order valence-electron chi connectivity index (χ3n) is 2.53. The highest BCUT2D eigenvalue weighted by Crippen LogP contribution is 2.31. The Morgan fingerprint density at radius 1 is 1.24 bits per heavy atom. The lowest BCUT2D eigenvalue weighted by molar-refractivity contribution is -0.137. The fourth-order valence-corrected chi connectivity index (χ4v) is 1.70. The Morgan fingerprint density at radius 3 is 2.67 bits per heavy atom. The monoisotopic (exact) mass is 298 g/mol. The van der Waals surface area contributed by atoms with Gasteiger partial charge in [-0.2, -0.15) is 13.2 Å². The predicted octanol–water partition coefficient (Wildman–Crippen LogP) is 2.97. The van der Waals surface area contributed by atoms with E-state index in [4.69, 9.17) is 10.5 Å². The summed E-state index contributed by atoms with van der Waals surface area (Å²) < 4.78 is 42.8. The summed E-state index contributed by atoms with van der Waals surface area (Å²) in [4.78, 5) is 8.05. The van der Waals surface area contributed by atoms with Crippen molar-refractivity contribution < 1.29 is 17.9 Å². The summed E-state index contributed by atoms with van der Waals surface area (Å²) in [6.45, 7) is 0.155. The van der Waals surface area contributed by atoms with Crippen molar-refractivity contribution in [1.29, 1.82) is 0 Å². The molecule has 0 aliphatic carbocycles. The van der Waals surface area contributed by atoms with E-state index in [1.54, 1.807) is 0 Å². The highest BCUT2D eigenvalue weighted by molar-refractivity contribution is 5.59. The minimum absolute atomic E-state index is 0.155. The van der Waals surface area contributed by atoms with E-state index in [1.165, 1.54) is 25.3 Å². The Kier molecular flexibility index (Phi) is 4.27. The molecular weight excluding hydrogens is 285 g/mol. The highest BCUT2D eigenvalue weighted by atomic mass is 19.4. The molecule has 1 aromatic carbocycles. The van der Waals surface area contributed by atoms with Crippen LogP contribution >= 0.6 is 0 Å². The van der Waals surface area contributed by atoms with E-state index in [0.29, 0.717) is 11.6 Å². The molecule has 1 aromatic heterocycles. The Balaban J connectivity index is 2.26. The summed E-state index contributed by atoms with van der Waals surface area (Å²) in [6, 6.07) is 6.24. The van der Waals surface area contributed by atoms with Gasteiger partial charge in [-0.25, -0.2) is 9.97 Å². The van der Waals surface area contributed by atoms with Crippen LogP contribution in [0.15, 0.2) is 30.3 Å². The lowest BCUT2D eigenvalue weighted by atomic mass is 10.2. The minimum Gasteiger partial charge on any atom is -0.384 e. The third-order valence-corrected chi connectivity index (χ3v) is 2.53. The summed E-state index contributed by atoms with van der Waals surface area (Å²) in [7, 11) is 1.48. The molecule has 0 aliphatic heterocycles. The highest BCUT2D eigenvalue weighted by Gasteiger charge is 2.30. The molecule has 0 aliphatic rings. The number of methoxy groups -OCH3 is 1. The number of nitrogen functional groups attached to an aromatic ring is 1. The molecule has 21 heavy (non-hydrogen) atoms. The summed E-state index contributed by atoms with van der Waals surface area (Å²) in [5.41, 5.74) is 5.13. The molecule has 0 amide bonds. The second-order valence-electron chi connectivity index (χ2n) is 4.23. The smallest absolute Gasteiger partial charge is 0.384 e. The van der Waals surface area contributed by atoms with Crippen LogP contribution in [0.25, 0.3) is 0 Å². The van der Waals surface area contributed by atoms with Crippen molar-refractivity contribution in [3.05, 3.63) is 41.7 Å². The number of rotatable bonds is 4. The van der Waals surface area contributed by atoms with Crippen molar-refractivity contribution >= 4 is 17.3 Å². The van der Waals surface area contributed by atoms with E-state index in [-0.39, 0.29) is 18.1 Å². The van der Waals surface area contributed by atoms with Gasteiger partial charge in [0.25, 0.3) is 0 Å². The van der Waals surface area contributed by atoms with Gasteiger partial charge >= 0.3 is 6.18 Å². The molecule has 0 spiro atoms. The van der Waals surface area contributed by atoms with E-state index in [9.17, 15) is 13.2 Å². The van der Waals surface area contributed by atoms with Gasteiger partial charge in [0.05, 0.1) is 5.56 Å². The fraction of sp³-hybridized carbons (Fsp3) is 0.231. The Bertz CT molecular complexity index is 631. The standard InChI is InChI=1S/C13H13F3N4O/c1-21-7-12-19-10(17)6-11(20-12)18-9-4-2-3-8(5-9)13(14,15)16/h2-6H,7H2,1H3,(H3,17,18,19,20). The van der Waals surface area contributed by atoms with Gasteiger partial charge < -0.3 is 15.8 Å². The van der Waals surface area contributed by atoms with Crippen LogP contribution in [0.4, 0.5) is 30.5 Å². The Labute approximate surface area is 119 Å². The lowest BCUT2D eigenvalue weighted by Gasteiger charge is -2.11. The van der Waals surface area contributed by atoms with Gasteiger partial charge in [0.15, 0.2) is 5.82 Å². The van der Waals surface area contributed by atoms with Gasteiger partial charge in [0, 0.05) is 18.9 Å². The molecule has 8 heteroatoms. The maximum absolute atomic E-state index is 12.6. The number of alkyl halides is 3.